The molecule has 0 heterocycles. The highest BCUT2D eigenvalue weighted by molar-refractivity contribution is 9.10. The molecule has 0 bridgehead atoms. The number of benzene rings is 2. The number of rotatable bonds is 3. The first-order valence-corrected chi connectivity index (χ1v) is 10.0. The monoisotopic (exact) mass is 427 g/mol. The fraction of sp³-hybridized carbons (Fsp3) is 0.222. The minimum Gasteiger partial charge on any atom is -0.225 e. The summed E-state index contributed by atoms with van der Waals surface area (Å²) in [7, 11) is -4.31. The minimum atomic E-state index is -4.31. The minimum absolute atomic E-state index is 0.0953. The molecule has 1 aliphatic carbocycles. The Morgan fingerprint density at radius 3 is 2.36 bits per heavy atom. The van der Waals surface area contributed by atoms with Crippen molar-refractivity contribution in [2.75, 3.05) is 0 Å². The van der Waals surface area contributed by atoms with Crippen LogP contribution in [0.1, 0.15) is 36.0 Å². The van der Waals surface area contributed by atoms with E-state index in [4.69, 9.17) is 5.14 Å². The van der Waals surface area contributed by atoms with Gasteiger partial charge in [0.25, 0.3) is 0 Å². The lowest BCUT2D eigenvalue weighted by Gasteiger charge is -2.12. The van der Waals surface area contributed by atoms with Crippen molar-refractivity contribution in [1.29, 1.82) is 0 Å². The molecule has 132 valence electrons. The quantitative estimate of drug-likeness (QED) is 0.765. The van der Waals surface area contributed by atoms with Crippen molar-refractivity contribution in [1.82, 2.24) is 0 Å². The SMILES string of the molecule is Cc1cc(C2=C(c3cc(F)c(S(N)(=O)=O)cc3F)CCC2)ccc1Br. The molecule has 2 N–H and O–H groups in total. The predicted molar refractivity (Wildman–Crippen MR) is 97.3 cm³/mol. The summed E-state index contributed by atoms with van der Waals surface area (Å²) in [6, 6.07) is 7.45. The Kier molecular flexibility index (Phi) is 4.83. The van der Waals surface area contributed by atoms with Gasteiger partial charge in [-0.25, -0.2) is 22.3 Å². The molecule has 3 rings (SSSR count). The van der Waals surface area contributed by atoms with E-state index in [0.29, 0.717) is 18.1 Å². The van der Waals surface area contributed by atoms with Gasteiger partial charge < -0.3 is 0 Å². The maximum atomic E-state index is 14.5. The van der Waals surface area contributed by atoms with Crippen LogP contribution < -0.4 is 5.14 Å². The van der Waals surface area contributed by atoms with Crippen LogP contribution in [0.25, 0.3) is 11.1 Å². The Bertz CT molecular complexity index is 1000. The van der Waals surface area contributed by atoms with E-state index >= 15 is 0 Å². The standard InChI is InChI=1S/C18H16BrF2NO2S/c1-10-7-11(5-6-15(10)19)12-3-2-4-13(12)14-8-17(21)18(9-16(14)20)25(22,23)24/h5-9H,2-4H2,1H3,(H2,22,23,24). The molecule has 0 saturated carbocycles. The van der Waals surface area contributed by atoms with E-state index in [0.717, 1.165) is 40.1 Å². The second-order valence-corrected chi connectivity index (χ2v) is 8.47. The van der Waals surface area contributed by atoms with Gasteiger partial charge in [0, 0.05) is 10.0 Å². The zero-order chi connectivity index (χ0) is 18.4. The summed E-state index contributed by atoms with van der Waals surface area (Å²) < 4.78 is 52.4. The molecule has 2 aromatic carbocycles. The van der Waals surface area contributed by atoms with E-state index in [9.17, 15) is 17.2 Å². The number of primary sulfonamides is 1. The number of hydrogen-bond donors (Lipinski definition) is 1. The molecule has 7 heteroatoms. The summed E-state index contributed by atoms with van der Waals surface area (Å²) in [5, 5.41) is 4.93. The Labute approximate surface area is 153 Å². The Balaban J connectivity index is 2.17. The molecule has 0 fully saturated rings. The average Bonchev–Trinajstić information content (AvgIpc) is 3.00. The Hall–Kier alpha value is -1.57. The van der Waals surface area contributed by atoms with Gasteiger partial charge in [-0.3, -0.25) is 0 Å². The van der Waals surface area contributed by atoms with Crippen LogP contribution >= 0.6 is 15.9 Å². The molecule has 0 unspecified atom stereocenters. The van der Waals surface area contributed by atoms with Gasteiger partial charge in [-0.1, -0.05) is 28.1 Å². The van der Waals surface area contributed by atoms with Gasteiger partial charge in [0.1, 0.15) is 16.5 Å². The van der Waals surface area contributed by atoms with Gasteiger partial charge in [0.15, 0.2) is 0 Å². The smallest absolute Gasteiger partial charge is 0.225 e. The molecular weight excluding hydrogens is 412 g/mol. The second kappa shape index (κ2) is 6.63. The van der Waals surface area contributed by atoms with Crippen molar-refractivity contribution in [3.8, 4) is 0 Å². The average molecular weight is 428 g/mol. The van der Waals surface area contributed by atoms with Crippen molar-refractivity contribution in [3.63, 3.8) is 0 Å². The van der Waals surface area contributed by atoms with Gasteiger partial charge >= 0.3 is 0 Å². The van der Waals surface area contributed by atoms with Crippen molar-refractivity contribution in [2.24, 2.45) is 5.14 Å². The number of hydrogen-bond acceptors (Lipinski definition) is 2. The lowest BCUT2D eigenvalue weighted by Crippen LogP contribution is -2.15. The van der Waals surface area contributed by atoms with Gasteiger partial charge in [0.05, 0.1) is 0 Å². The van der Waals surface area contributed by atoms with Crippen molar-refractivity contribution >= 4 is 37.1 Å². The first-order valence-electron chi connectivity index (χ1n) is 7.69. The van der Waals surface area contributed by atoms with Crippen LogP contribution in [-0.4, -0.2) is 8.42 Å². The van der Waals surface area contributed by atoms with Crippen LogP contribution in [-0.2, 0) is 10.0 Å². The molecule has 0 amide bonds. The maximum Gasteiger partial charge on any atom is 0.241 e. The third-order valence-corrected chi connectivity index (χ3v) is 6.19. The summed E-state index contributed by atoms with van der Waals surface area (Å²) >= 11 is 3.45. The lowest BCUT2D eigenvalue weighted by molar-refractivity contribution is 0.552. The van der Waals surface area contributed by atoms with Crippen LogP contribution in [0, 0.1) is 18.6 Å². The predicted octanol–water partition coefficient (Wildman–Crippen LogP) is 4.78. The molecule has 0 atom stereocenters. The van der Waals surface area contributed by atoms with E-state index in [-0.39, 0.29) is 5.56 Å². The van der Waals surface area contributed by atoms with Crippen molar-refractivity contribution < 1.29 is 17.2 Å². The molecule has 0 saturated heterocycles. The highest BCUT2D eigenvalue weighted by Gasteiger charge is 2.24. The molecule has 2 aromatic rings. The van der Waals surface area contributed by atoms with E-state index in [1.807, 2.05) is 25.1 Å². The fourth-order valence-electron chi connectivity index (χ4n) is 3.17. The van der Waals surface area contributed by atoms with Crippen LogP contribution in [0.4, 0.5) is 8.78 Å². The number of allylic oxidation sites excluding steroid dienone is 2. The number of nitrogens with two attached hydrogens (primary N) is 1. The molecule has 0 spiro atoms. The highest BCUT2D eigenvalue weighted by atomic mass is 79.9. The molecule has 0 radical (unpaired) electrons. The summed E-state index contributed by atoms with van der Waals surface area (Å²) in [6.07, 6.45) is 2.20. The molecule has 3 nitrogen and oxygen atoms in total. The van der Waals surface area contributed by atoms with Gasteiger partial charge in [-0.15, -0.1) is 0 Å². The van der Waals surface area contributed by atoms with E-state index in [1.165, 1.54) is 0 Å². The Morgan fingerprint density at radius 2 is 1.72 bits per heavy atom. The zero-order valence-corrected chi connectivity index (χ0v) is 15.8. The molecule has 25 heavy (non-hydrogen) atoms. The van der Waals surface area contributed by atoms with E-state index < -0.39 is 26.6 Å². The van der Waals surface area contributed by atoms with Gasteiger partial charge in [-0.2, -0.15) is 0 Å². The molecular formula is C18H16BrF2NO2S. The topological polar surface area (TPSA) is 60.2 Å². The largest absolute Gasteiger partial charge is 0.241 e. The number of halogens is 3. The van der Waals surface area contributed by atoms with Crippen LogP contribution in [0.15, 0.2) is 39.7 Å². The molecule has 1 aliphatic rings. The summed E-state index contributed by atoms with van der Waals surface area (Å²) in [4.78, 5) is -0.826. The summed E-state index contributed by atoms with van der Waals surface area (Å²) in [5.74, 6) is -1.82. The van der Waals surface area contributed by atoms with Crippen molar-refractivity contribution in [3.05, 3.63) is 63.1 Å². The maximum absolute atomic E-state index is 14.5. The second-order valence-electron chi connectivity index (χ2n) is 6.08. The molecule has 0 aliphatic heterocycles. The van der Waals surface area contributed by atoms with Crippen LogP contribution in [0.5, 0.6) is 0 Å². The van der Waals surface area contributed by atoms with Crippen molar-refractivity contribution in [2.45, 2.75) is 31.1 Å². The van der Waals surface area contributed by atoms with E-state index in [2.05, 4.69) is 15.9 Å². The fourth-order valence-corrected chi connectivity index (χ4v) is 4.01. The van der Waals surface area contributed by atoms with Gasteiger partial charge in [0.2, 0.25) is 10.0 Å². The zero-order valence-electron chi connectivity index (χ0n) is 13.4. The molecule has 0 aromatic heterocycles. The first kappa shape index (κ1) is 18.2. The number of aryl methyl sites for hydroxylation is 1. The normalized spacial score (nSPS) is 15.1. The first-order chi connectivity index (χ1) is 11.7. The summed E-state index contributed by atoms with van der Waals surface area (Å²) in [5.41, 5.74) is 3.77. The van der Waals surface area contributed by atoms with E-state index in [1.54, 1.807) is 0 Å². The Morgan fingerprint density at radius 1 is 1.04 bits per heavy atom. The summed E-state index contributed by atoms with van der Waals surface area (Å²) in [6.45, 7) is 1.96. The van der Waals surface area contributed by atoms with Gasteiger partial charge in [-0.05, 0) is 66.7 Å². The van der Waals surface area contributed by atoms with Crippen LogP contribution in [0.3, 0.4) is 0 Å². The highest BCUT2D eigenvalue weighted by Crippen LogP contribution is 2.41. The number of sulfonamides is 1. The third-order valence-electron chi connectivity index (χ3n) is 4.38. The third kappa shape index (κ3) is 3.54. The van der Waals surface area contributed by atoms with Crippen LogP contribution in [0.2, 0.25) is 0 Å². The lowest BCUT2D eigenvalue weighted by atomic mass is 9.96.